The fourth-order valence-electron chi connectivity index (χ4n) is 7.17. The van der Waals surface area contributed by atoms with Crippen molar-refractivity contribution in [2.75, 3.05) is 19.6 Å². The monoisotopic (exact) mass is 347 g/mol. The van der Waals surface area contributed by atoms with Gasteiger partial charge in [-0.2, -0.15) is 0 Å². The maximum atomic E-state index is 12.7. The molecule has 2 aliphatic carbocycles. The third kappa shape index (κ3) is 2.22. The normalized spacial score (nSPS) is 55.1. The Bertz CT molecular complexity index is 579. The number of hydrogen-bond acceptors (Lipinski definition) is 4. The lowest BCUT2D eigenvalue weighted by atomic mass is 9.53. The van der Waals surface area contributed by atoms with Gasteiger partial charge in [0.05, 0.1) is 12.0 Å². The second-order valence-corrected chi connectivity index (χ2v) is 10.1. The standard InChI is InChI=1S/C21H33NO3/c1-13-6-5-9-22(11-13)12-15-17-16(24-19(15)23)10-20(3)8-4-7-14(2)21(20)18(17)25-21/h13-18H,4-12H2,1-3H3/t13-,14+,15-,16-,17-,18+,20-,21+/m1/s1. The van der Waals surface area contributed by atoms with Crippen LogP contribution < -0.4 is 0 Å². The van der Waals surface area contributed by atoms with Gasteiger partial charge in [0.1, 0.15) is 11.7 Å². The van der Waals surface area contributed by atoms with E-state index in [0.29, 0.717) is 11.8 Å². The van der Waals surface area contributed by atoms with Crippen molar-refractivity contribution < 1.29 is 14.3 Å². The molecule has 0 radical (unpaired) electrons. The lowest BCUT2D eigenvalue weighted by molar-refractivity contribution is -0.146. The summed E-state index contributed by atoms with van der Waals surface area (Å²) in [5, 5.41) is 0. The maximum absolute atomic E-state index is 12.7. The minimum atomic E-state index is 0.0263. The summed E-state index contributed by atoms with van der Waals surface area (Å²) in [6.45, 7) is 10.2. The number of carbonyl (C=O) groups is 1. The number of piperidine rings is 1. The molecule has 3 heterocycles. The number of likely N-dealkylation sites (tertiary alicyclic amines) is 1. The van der Waals surface area contributed by atoms with E-state index >= 15 is 0 Å². The largest absolute Gasteiger partial charge is 0.462 e. The molecule has 0 bridgehead atoms. The van der Waals surface area contributed by atoms with E-state index in [2.05, 4.69) is 25.7 Å². The predicted octanol–water partition coefficient (Wildman–Crippen LogP) is 3.24. The quantitative estimate of drug-likeness (QED) is 0.568. The zero-order chi connectivity index (χ0) is 17.4. The van der Waals surface area contributed by atoms with E-state index in [1.807, 2.05) is 0 Å². The van der Waals surface area contributed by atoms with Crippen molar-refractivity contribution in [1.82, 2.24) is 4.90 Å². The van der Waals surface area contributed by atoms with Crippen molar-refractivity contribution in [2.45, 2.75) is 77.1 Å². The molecular formula is C21H33NO3. The number of esters is 1. The number of fused-ring (bicyclic) bond motifs is 2. The third-order valence-electron chi connectivity index (χ3n) is 8.39. The highest BCUT2D eigenvalue weighted by molar-refractivity contribution is 5.76. The van der Waals surface area contributed by atoms with Crippen molar-refractivity contribution in [3.8, 4) is 0 Å². The summed E-state index contributed by atoms with van der Waals surface area (Å²) < 4.78 is 12.5. The highest BCUT2D eigenvalue weighted by atomic mass is 16.6. The molecule has 0 N–H and O–H groups in total. The summed E-state index contributed by atoms with van der Waals surface area (Å²) in [4.78, 5) is 15.3. The maximum Gasteiger partial charge on any atom is 0.311 e. The lowest BCUT2D eigenvalue weighted by Crippen LogP contribution is -2.54. The molecule has 0 aromatic heterocycles. The molecule has 0 aromatic carbocycles. The summed E-state index contributed by atoms with van der Waals surface area (Å²) in [6.07, 6.45) is 7.72. The minimum absolute atomic E-state index is 0.0263. The molecule has 4 heteroatoms. The Morgan fingerprint density at radius 1 is 1.24 bits per heavy atom. The minimum Gasteiger partial charge on any atom is -0.462 e. The number of carbonyl (C=O) groups excluding carboxylic acids is 1. The van der Waals surface area contributed by atoms with Crippen LogP contribution in [0, 0.1) is 29.1 Å². The molecule has 8 atom stereocenters. The van der Waals surface area contributed by atoms with Gasteiger partial charge < -0.3 is 14.4 Å². The number of rotatable bonds is 2. The first kappa shape index (κ1) is 16.6. The van der Waals surface area contributed by atoms with E-state index in [1.54, 1.807) is 0 Å². The van der Waals surface area contributed by atoms with E-state index in [4.69, 9.17) is 9.47 Å². The van der Waals surface area contributed by atoms with Crippen LogP contribution in [0.2, 0.25) is 0 Å². The molecule has 25 heavy (non-hydrogen) atoms. The molecule has 3 saturated heterocycles. The van der Waals surface area contributed by atoms with Gasteiger partial charge >= 0.3 is 5.97 Å². The predicted molar refractivity (Wildman–Crippen MR) is 95.0 cm³/mol. The van der Waals surface area contributed by atoms with E-state index in [9.17, 15) is 4.79 Å². The van der Waals surface area contributed by atoms with Crippen molar-refractivity contribution in [3.63, 3.8) is 0 Å². The average Bonchev–Trinajstić information content (AvgIpc) is 3.23. The van der Waals surface area contributed by atoms with Crippen LogP contribution in [0.4, 0.5) is 0 Å². The Morgan fingerprint density at radius 2 is 2.08 bits per heavy atom. The molecule has 3 aliphatic heterocycles. The molecule has 140 valence electrons. The van der Waals surface area contributed by atoms with Crippen molar-refractivity contribution in [3.05, 3.63) is 0 Å². The van der Waals surface area contributed by atoms with E-state index in [0.717, 1.165) is 32.0 Å². The number of epoxide rings is 1. The van der Waals surface area contributed by atoms with E-state index in [-0.39, 0.29) is 35.1 Å². The fraction of sp³-hybridized carbons (Fsp3) is 0.952. The van der Waals surface area contributed by atoms with Crippen molar-refractivity contribution >= 4 is 5.97 Å². The summed E-state index contributed by atoms with van der Waals surface area (Å²) in [5.41, 5.74) is 0.235. The molecule has 5 aliphatic rings. The molecule has 0 aromatic rings. The topological polar surface area (TPSA) is 42.1 Å². The Hall–Kier alpha value is -0.610. The van der Waals surface area contributed by atoms with Crippen LogP contribution in [-0.2, 0) is 14.3 Å². The van der Waals surface area contributed by atoms with E-state index in [1.165, 1.54) is 32.1 Å². The van der Waals surface area contributed by atoms with Gasteiger partial charge in [0, 0.05) is 24.4 Å². The molecule has 4 nitrogen and oxygen atoms in total. The van der Waals surface area contributed by atoms with Crippen LogP contribution in [0.25, 0.3) is 0 Å². The summed E-state index contributed by atoms with van der Waals surface area (Å²) in [7, 11) is 0. The molecule has 0 unspecified atom stereocenters. The fourth-order valence-corrected chi connectivity index (χ4v) is 7.17. The van der Waals surface area contributed by atoms with Crippen molar-refractivity contribution in [1.29, 1.82) is 0 Å². The van der Waals surface area contributed by atoms with Gasteiger partial charge in [0.15, 0.2) is 0 Å². The Kier molecular flexibility index (Phi) is 3.61. The molecule has 2 saturated carbocycles. The zero-order valence-electron chi connectivity index (χ0n) is 16.0. The number of ether oxygens (including phenoxy) is 2. The molecule has 5 fully saturated rings. The zero-order valence-corrected chi connectivity index (χ0v) is 16.0. The molecule has 0 amide bonds. The van der Waals surface area contributed by atoms with Gasteiger partial charge in [-0.05, 0) is 50.5 Å². The average molecular weight is 347 g/mol. The van der Waals surface area contributed by atoms with Crippen molar-refractivity contribution in [2.24, 2.45) is 29.1 Å². The summed E-state index contributed by atoms with van der Waals surface area (Å²) in [5.74, 6) is 1.73. The van der Waals surface area contributed by atoms with Crippen LogP contribution in [0.1, 0.15) is 59.3 Å². The van der Waals surface area contributed by atoms with Gasteiger partial charge in [0.2, 0.25) is 0 Å². The highest BCUT2D eigenvalue weighted by Gasteiger charge is 2.78. The Balaban J connectivity index is 1.39. The van der Waals surface area contributed by atoms with Crippen LogP contribution >= 0.6 is 0 Å². The smallest absolute Gasteiger partial charge is 0.311 e. The van der Waals surface area contributed by atoms with Crippen LogP contribution in [0.15, 0.2) is 0 Å². The van der Waals surface area contributed by atoms with Gasteiger partial charge in [0.25, 0.3) is 0 Å². The highest BCUT2D eigenvalue weighted by Crippen LogP contribution is 2.70. The summed E-state index contributed by atoms with van der Waals surface area (Å²) >= 11 is 0. The second kappa shape index (κ2) is 5.45. The van der Waals surface area contributed by atoms with Gasteiger partial charge in [-0.3, -0.25) is 4.79 Å². The Labute approximate surface area is 151 Å². The first-order valence-corrected chi connectivity index (χ1v) is 10.6. The van der Waals surface area contributed by atoms with Crippen LogP contribution in [0.5, 0.6) is 0 Å². The van der Waals surface area contributed by atoms with Gasteiger partial charge in [-0.1, -0.05) is 27.2 Å². The Morgan fingerprint density at radius 3 is 2.88 bits per heavy atom. The second-order valence-electron chi connectivity index (χ2n) is 10.1. The first-order valence-electron chi connectivity index (χ1n) is 10.6. The van der Waals surface area contributed by atoms with Gasteiger partial charge in [-0.15, -0.1) is 0 Å². The molecule has 1 spiro atoms. The van der Waals surface area contributed by atoms with Crippen LogP contribution in [0.3, 0.4) is 0 Å². The third-order valence-corrected chi connectivity index (χ3v) is 8.39. The molecular weight excluding hydrogens is 314 g/mol. The van der Waals surface area contributed by atoms with Crippen LogP contribution in [-0.4, -0.2) is 48.3 Å². The molecule has 5 rings (SSSR count). The summed E-state index contributed by atoms with van der Waals surface area (Å²) in [6, 6.07) is 0. The first-order chi connectivity index (χ1) is 11.9. The van der Waals surface area contributed by atoms with Gasteiger partial charge in [-0.25, -0.2) is 0 Å². The van der Waals surface area contributed by atoms with E-state index < -0.39 is 0 Å². The number of hydrogen-bond donors (Lipinski definition) is 0. The SMILES string of the molecule is C[C@@H]1CCCN(C[C@H]2C(=O)O[C@@H]3C[C@@]4(C)CCC[C@H](C)[C@@]45O[C@H]5[C@@H]32)C1. The lowest BCUT2D eigenvalue weighted by Gasteiger charge is -2.49. The number of nitrogens with zero attached hydrogens (tertiary/aromatic N) is 1.